The summed E-state index contributed by atoms with van der Waals surface area (Å²) in [7, 11) is 0. The number of hydrogen-bond donors (Lipinski definition) is 0. The van der Waals surface area contributed by atoms with Crippen LogP contribution in [0.4, 0.5) is 5.69 Å². The normalized spacial score (nSPS) is 15.2. The standard InChI is InChI=1S/C14H20N2O3S/c1-4-19-14(17)13-11(3)16(18)10(2)9-12(13)15-5-7-20-8-6-15/h9H,4-8H2,1-3H3. The van der Waals surface area contributed by atoms with Crippen molar-refractivity contribution in [2.45, 2.75) is 20.8 Å². The maximum absolute atomic E-state index is 12.2. The van der Waals surface area contributed by atoms with Gasteiger partial charge in [0.1, 0.15) is 0 Å². The second-order valence-electron chi connectivity index (χ2n) is 4.75. The van der Waals surface area contributed by atoms with Crippen molar-refractivity contribution in [3.63, 3.8) is 0 Å². The summed E-state index contributed by atoms with van der Waals surface area (Å²) in [6.07, 6.45) is 0. The zero-order chi connectivity index (χ0) is 14.7. The first kappa shape index (κ1) is 15.0. The van der Waals surface area contributed by atoms with Crippen LogP contribution in [0.3, 0.4) is 0 Å². The summed E-state index contributed by atoms with van der Waals surface area (Å²) >= 11 is 1.90. The van der Waals surface area contributed by atoms with Gasteiger partial charge in [-0.05, 0) is 6.92 Å². The number of thioether (sulfide) groups is 1. The van der Waals surface area contributed by atoms with Crippen LogP contribution in [0.15, 0.2) is 6.07 Å². The molecule has 1 fully saturated rings. The molecule has 0 saturated carbocycles. The number of carbonyl (C=O) groups is 1. The van der Waals surface area contributed by atoms with Gasteiger partial charge in [0, 0.05) is 44.5 Å². The first-order valence-corrected chi connectivity index (χ1v) is 7.95. The lowest BCUT2D eigenvalue weighted by Crippen LogP contribution is -2.40. The monoisotopic (exact) mass is 296 g/mol. The number of ether oxygens (including phenoxy) is 1. The summed E-state index contributed by atoms with van der Waals surface area (Å²) in [5.74, 6) is 1.65. The Morgan fingerprint density at radius 3 is 2.70 bits per heavy atom. The van der Waals surface area contributed by atoms with E-state index in [-0.39, 0.29) is 0 Å². The molecule has 1 aromatic rings. The van der Waals surface area contributed by atoms with Gasteiger partial charge in [-0.25, -0.2) is 4.79 Å². The first-order valence-electron chi connectivity index (χ1n) is 6.79. The summed E-state index contributed by atoms with van der Waals surface area (Å²) in [5, 5.41) is 12.0. The number of aryl methyl sites for hydroxylation is 1. The molecule has 6 heteroatoms. The van der Waals surface area contributed by atoms with Crippen molar-refractivity contribution < 1.29 is 14.3 Å². The van der Waals surface area contributed by atoms with Gasteiger partial charge in [-0.1, -0.05) is 0 Å². The largest absolute Gasteiger partial charge is 0.618 e. The van der Waals surface area contributed by atoms with E-state index >= 15 is 0 Å². The Hall–Kier alpha value is -1.43. The van der Waals surface area contributed by atoms with Gasteiger partial charge in [-0.3, -0.25) is 0 Å². The third kappa shape index (κ3) is 2.85. The topological polar surface area (TPSA) is 56.5 Å². The van der Waals surface area contributed by atoms with E-state index in [1.165, 1.54) is 0 Å². The zero-order valence-electron chi connectivity index (χ0n) is 12.1. The number of carbonyl (C=O) groups excluding carboxylic acids is 1. The third-order valence-corrected chi connectivity index (χ3v) is 4.36. The Kier molecular flexibility index (Phi) is 4.75. The Balaban J connectivity index is 2.49. The molecule has 110 valence electrons. The average molecular weight is 296 g/mol. The van der Waals surface area contributed by atoms with Crippen molar-refractivity contribution in [2.24, 2.45) is 0 Å². The Labute approximate surface area is 123 Å². The number of rotatable bonds is 3. The van der Waals surface area contributed by atoms with E-state index in [0.717, 1.165) is 35.0 Å². The van der Waals surface area contributed by atoms with Gasteiger partial charge in [0.25, 0.3) is 0 Å². The minimum absolute atomic E-state index is 0.306. The van der Waals surface area contributed by atoms with Gasteiger partial charge in [-0.2, -0.15) is 16.5 Å². The summed E-state index contributed by atoms with van der Waals surface area (Å²) in [6.45, 7) is 7.29. The van der Waals surface area contributed by atoms with Gasteiger partial charge < -0.3 is 14.8 Å². The van der Waals surface area contributed by atoms with Crippen LogP contribution in [0.2, 0.25) is 0 Å². The Morgan fingerprint density at radius 2 is 2.10 bits per heavy atom. The predicted octanol–water partition coefficient (Wildman–Crippen LogP) is 1.67. The fraction of sp³-hybridized carbons (Fsp3) is 0.571. The fourth-order valence-electron chi connectivity index (χ4n) is 2.39. The Bertz CT molecular complexity index is 514. The lowest BCUT2D eigenvalue weighted by molar-refractivity contribution is -0.619. The molecular weight excluding hydrogens is 276 g/mol. The molecule has 0 atom stereocenters. The smallest absolute Gasteiger partial charge is 0.346 e. The van der Waals surface area contributed by atoms with Crippen molar-refractivity contribution in [3.05, 3.63) is 28.2 Å². The van der Waals surface area contributed by atoms with Crippen molar-refractivity contribution in [2.75, 3.05) is 36.1 Å². The molecule has 20 heavy (non-hydrogen) atoms. The van der Waals surface area contributed by atoms with Crippen LogP contribution in [0.1, 0.15) is 28.7 Å². The molecule has 0 aromatic carbocycles. The van der Waals surface area contributed by atoms with Gasteiger partial charge in [0.15, 0.2) is 11.3 Å². The molecule has 0 radical (unpaired) electrons. The molecule has 2 rings (SSSR count). The van der Waals surface area contributed by atoms with Crippen molar-refractivity contribution in [1.82, 2.24) is 0 Å². The number of hydrogen-bond acceptors (Lipinski definition) is 5. The van der Waals surface area contributed by atoms with Crippen molar-refractivity contribution in [3.8, 4) is 0 Å². The van der Waals surface area contributed by atoms with Gasteiger partial charge in [0.05, 0.1) is 12.3 Å². The van der Waals surface area contributed by atoms with Gasteiger partial charge >= 0.3 is 5.97 Å². The minimum Gasteiger partial charge on any atom is -0.618 e. The van der Waals surface area contributed by atoms with Crippen LogP contribution in [0, 0.1) is 19.1 Å². The predicted molar refractivity (Wildman–Crippen MR) is 80.4 cm³/mol. The molecule has 1 saturated heterocycles. The molecule has 0 spiro atoms. The van der Waals surface area contributed by atoms with Crippen LogP contribution in [0.5, 0.6) is 0 Å². The highest BCUT2D eigenvalue weighted by Crippen LogP contribution is 2.26. The van der Waals surface area contributed by atoms with E-state index < -0.39 is 5.97 Å². The molecule has 1 aromatic heterocycles. The highest BCUT2D eigenvalue weighted by Gasteiger charge is 2.27. The Morgan fingerprint density at radius 1 is 1.45 bits per heavy atom. The van der Waals surface area contributed by atoms with E-state index in [4.69, 9.17) is 4.74 Å². The van der Waals surface area contributed by atoms with E-state index in [1.54, 1.807) is 26.8 Å². The number of nitrogens with zero attached hydrogens (tertiary/aromatic N) is 2. The van der Waals surface area contributed by atoms with Gasteiger partial charge in [-0.15, -0.1) is 0 Å². The maximum atomic E-state index is 12.2. The fourth-order valence-corrected chi connectivity index (χ4v) is 3.29. The maximum Gasteiger partial charge on any atom is 0.346 e. The SMILES string of the molecule is CCOC(=O)c1c(N2CCSCC2)cc(C)[n+]([O-])c1C. The number of aromatic nitrogens is 1. The molecular formula is C14H20N2O3S. The van der Waals surface area contributed by atoms with Crippen LogP contribution in [-0.2, 0) is 4.74 Å². The molecule has 0 amide bonds. The highest BCUT2D eigenvalue weighted by atomic mass is 32.2. The third-order valence-electron chi connectivity index (χ3n) is 3.42. The molecule has 0 aliphatic carbocycles. The zero-order valence-corrected chi connectivity index (χ0v) is 13.0. The summed E-state index contributed by atoms with van der Waals surface area (Å²) in [6, 6.07) is 1.79. The number of pyridine rings is 1. The lowest BCUT2D eigenvalue weighted by atomic mass is 10.1. The lowest BCUT2D eigenvalue weighted by Gasteiger charge is -2.30. The second kappa shape index (κ2) is 6.35. The van der Waals surface area contributed by atoms with Crippen molar-refractivity contribution in [1.29, 1.82) is 0 Å². The van der Waals surface area contributed by atoms with Crippen LogP contribution in [-0.4, -0.2) is 37.2 Å². The average Bonchev–Trinajstić information content (AvgIpc) is 2.45. The number of esters is 1. The van der Waals surface area contributed by atoms with Crippen LogP contribution >= 0.6 is 11.8 Å². The van der Waals surface area contributed by atoms with Crippen LogP contribution < -0.4 is 9.63 Å². The summed E-state index contributed by atoms with van der Waals surface area (Å²) in [5.41, 5.74) is 2.24. The molecule has 1 aliphatic heterocycles. The van der Waals surface area contributed by atoms with Gasteiger partial charge in [0.2, 0.25) is 5.69 Å². The summed E-state index contributed by atoms with van der Waals surface area (Å²) < 4.78 is 5.91. The van der Waals surface area contributed by atoms with E-state index in [0.29, 0.717) is 23.6 Å². The van der Waals surface area contributed by atoms with Crippen LogP contribution in [0.25, 0.3) is 0 Å². The molecule has 2 heterocycles. The molecule has 0 N–H and O–H groups in total. The first-order chi connectivity index (χ1) is 9.56. The molecule has 1 aliphatic rings. The molecule has 5 nitrogen and oxygen atoms in total. The quantitative estimate of drug-likeness (QED) is 0.482. The van der Waals surface area contributed by atoms with Crippen molar-refractivity contribution >= 4 is 23.4 Å². The summed E-state index contributed by atoms with van der Waals surface area (Å²) in [4.78, 5) is 14.4. The minimum atomic E-state index is -0.414. The molecule has 0 unspecified atom stereocenters. The number of anilines is 1. The second-order valence-corrected chi connectivity index (χ2v) is 5.97. The molecule has 0 bridgehead atoms. The highest BCUT2D eigenvalue weighted by molar-refractivity contribution is 7.99. The van der Waals surface area contributed by atoms with E-state index in [9.17, 15) is 10.0 Å². The van der Waals surface area contributed by atoms with E-state index in [2.05, 4.69) is 4.90 Å². The van der Waals surface area contributed by atoms with E-state index in [1.807, 2.05) is 11.8 Å².